The Balaban J connectivity index is 2.50. The number of carbonyl (C=O) groups excluding carboxylic acids is 2. The fraction of sp³-hybridized carbons (Fsp3) is 0.800. The van der Waals surface area contributed by atoms with Crippen LogP contribution in [-0.2, 0) is 9.59 Å². The molecule has 1 aliphatic rings. The number of hydrogen-bond acceptors (Lipinski definition) is 3. The third kappa shape index (κ3) is 3.20. The first kappa shape index (κ1) is 12.0. The van der Waals surface area contributed by atoms with E-state index >= 15 is 0 Å². The van der Waals surface area contributed by atoms with Crippen LogP contribution < -0.4 is 11.1 Å². The van der Waals surface area contributed by atoms with E-state index in [0.717, 1.165) is 13.1 Å². The van der Waals surface area contributed by atoms with E-state index in [0.29, 0.717) is 13.1 Å². The van der Waals surface area contributed by atoms with Crippen LogP contribution in [0.25, 0.3) is 0 Å². The Hall–Kier alpha value is -1.10. The van der Waals surface area contributed by atoms with Crippen molar-refractivity contribution in [1.82, 2.24) is 10.2 Å². The molecule has 15 heavy (non-hydrogen) atoms. The van der Waals surface area contributed by atoms with E-state index in [1.807, 2.05) is 0 Å². The normalized spacial score (nSPS) is 17.6. The van der Waals surface area contributed by atoms with E-state index in [2.05, 4.69) is 5.32 Å². The number of nitrogens with zero attached hydrogens (tertiary/aromatic N) is 1. The maximum atomic E-state index is 11.8. The second-order valence-electron chi connectivity index (χ2n) is 4.56. The molecule has 5 nitrogen and oxygen atoms in total. The fourth-order valence-corrected chi connectivity index (χ4v) is 1.49. The predicted octanol–water partition coefficient (Wildman–Crippen LogP) is -0.680. The van der Waals surface area contributed by atoms with Gasteiger partial charge in [0.1, 0.15) is 0 Å². The lowest BCUT2D eigenvalue weighted by atomic mass is 9.88. The molecule has 0 bridgehead atoms. The van der Waals surface area contributed by atoms with Gasteiger partial charge in [0.2, 0.25) is 11.8 Å². The maximum absolute atomic E-state index is 11.8. The topological polar surface area (TPSA) is 75.4 Å². The summed E-state index contributed by atoms with van der Waals surface area (Å²) in [5, 5.41) is 3.17. The molecular weight excluding hydrogens is 194 g/mol. The predicted molar refractivity (Wildman–Crippen MR) is 57.0 cm³/mol. The van der Waals surface area contributed by atoms with Gasteiger partial charge in [-0.2, -0.15) is 0 Å². The van der Waals surface area contributed by atoms with Crippen molar-refractivity contribution in [3.63, 3.8) is 0 Å². The third-order valence-electron chi connectivity index (χ3n) is 2.73. The number of carbonyl (C=O) groups is 2. The number of amides is 2. The summed E-state index contributed by atoms with van der Waals surface area (Å²) in [5.74, 6) is -0.411. The molecule has 1 rings (SSSR count). The number of rotatable bonds is 3. The molecule has 0 spiro atoms. The molecule has 2 amide bonds. The summed E-state index contributed by atoms with van der Waals surface area (Å²) in [6.45, 7) is 6.48. The van der Waals surface area contributed by atoms with E-state index in [1.165, 1.54) is 0 Å². The van der Waals surface area contributed by atoms with Crippen molar-refractivity contribution in [3.8, 4) is 0 Å². The quantitative estimate of drug-likeness (QED) is 0.652. The van der Waals surface area contributed by atoms with Gasteiger partial charge in [-0.3, -0.25) is 9.59 Å². The zero-order valence-electron chi connectivity index (χ0n) is 9.38. The molecule has 0 aromatic carbocycles. The van der Waals surface area contributed by atoms with Crippen molar-refractivity contribution >= 4 is 11.8 Å². The Morgan fingerprint density at radius 3 is 2.33 bits per heavy atom. The number of primary amides is 1. The van der Waals surface area contributed by atoms with Gasteiger partial charge in [-0.15, -0.1) is 0 Å². The van der Waals surface area contributed by atoms with E-state index < -0.39 is 11.3 Å². The van der Waals surface area contributed by atoms with Crippen LogP contribution in [0.5, 0.6) is 0 Å². The average molecular weight is 213 g/mol. The van der Waals surface area contributed by atoms with E-state index in [-0.39, 0.29) is 12.3 Å². The Bertz CT molecular complexity index is 257. The monoisotopic (exact) mass is 213 g/mol. The molecule has 0 unspecified atom stereocenters. The van der Waals surface area contributed by atoms with Crippen molar-refractivity contribution < 1.29 is 9.59 Å². The SMILES string of the molecule is CC(C)(CC(=O)N1CCNCC1)C(N)=O. The molecule has 3 N–H and O–H groups in total. The van der Waals surface area contributed by atoms with E-state index in [1.54, 1.807) is 18.7 Å². The Kier molecular flexibility index (Phi) is 3.68. The largest absolute Gasteiger partial charge is 0.369 e. The van der Waals surface area contributed by atoms with Gasteiger partial charge in [-0.1, -0.05) is 13.8 Å². The first-order valence-corrected chi connectivity index (χ1v) is 5.22. The summed E-state index contributed by atoms with van der Waals surface area (Å²) in [4.78, 5) is 24.7. The summed E-state index contributed by atoms with van der Waals surface area (Å²) in [5.41, 5.74) is 4.48. The molecule has 1 fully saturated rings. The first-order valence-electron chi connectivity index (χ1n) is 5.22. The molecule has 0 atom stereocenters. The molecule has 1 heterocycles. The van der Waals surface area contributed by atoms with Gasteiger partial charge < -0.3 is 16.0 Å². The second kappa shape index (κ2) is 4.61. The molecule has 1 aliphatic heterocycles. The van der Waals surface area contributed by atoms with Gasteiger partial charge >= 0.3 is 0 Å². The molecule has 86 valence electrons. The number of nitrogens with one attached hydrogen (secondary N) is 1. The summed E-state index contributed by atoms with van der Waals surface area (Å²) in [6.07, 6.45) is 0.197. The fourth-order valence-electron chi connectivity index (χ4n) is 1.49. The minimum atomic E-state index is -0.748. The molecule has 5 heteroatoms. The van der Waals surface area contributed by atoms with E-state index in [9.17, 15) is 9.59 Å². The Morgan fingerprint density at radius 1 is 1.33 bits per heavy atom. The summed E-state index contributed by atoms with van der Waals surface area (Å²) < 4.78 is 0. The van der Waals surface area contributed by atoms with Gasteiger partial charge in [0.25, 0.3) is 0 Å². The number of hydrogen-bond donors (Lipinski definition) is 2. The van der Waals surface area contributed by atoms with Crippen molar-refractivity contribution in [3.05, 3.63) is 0 Å². The van der Waals surface area contributed by atoms with Crippen LogP contribution in [-0.4, -0.2) is 42.9 Å². The van der Waals surface area contributed by atoms with Crippen LogP contribution in [0.3, 0.4) is 0 Å². The maximum Gasteiger partial charge on any atom is 0.223 e. The van der Waals surface area contributed by atoms with Crippen molar-refractivity contribution in [2.24, 2.45) is 11.1 Å². The summed E-state index contributed by atoms with van der Waals surface area (Å²) in [7, 11) is 0. The Labute approximate surface area is 90.0 Å². The van der Waals surface area contributed by atoms with Crippen molar-refractivity contribution in [2.75, 3.05) is 26.2 Å². The highest BCUT2D eigenvalue weighted by Gasteiger charge is 2.30. The van der Waals surface area contributed by atoms with Gasteiger partial charge in [-0.05, 0) is 0 Å². The highest BCUT2D eigenvalue weighted by molar-refractivity contribution is 5.87. The van der Waals surface area contributed by atoms with Crippen LogP contribution in [0.2, 0.25) is 0 Å². The van der Waals surface area contributed by atoms with Crippen LogP contribution >= 0.6 is 0 Å². The average Bonchev–Trinajstić information content (AvgIpc) is 2.18. The minimum absolute atomic E-state index is 0.0142. The summed E-state index contributed by atoms with van der Waals surface area (Å²) >= 11 is 0. The molecule has 0 saturated carbocycles. The molecular formula is C10H19N3O2. The molecule has 0 aromatic rings. The highest BCUT2D eigenvalue weighted by Crippen LogP contribution is 2.20. The second-order valence-corrected chi connectivity index (χ2v) is 4.56. The van der Waals surface area contributed by atoms with Gasteiger partial charge in [-0.25, -0.2) is 0 Å². The lowest BCUT2D eigenvalue weighted by Crippen LogP contribution is -2.48. The van der Waals surface area contributed by atoms with Crippen LogP contribution in [0.1, 0.15) is 20.3 Å². The highest BCUT2D eigenvalue weighted by atomic mass is 16.2. The van der Waals surface area contributed by atoms with Crippen LogP contribution in [0.15, 0.2) is 0 Å². The standard InChI is InChI=1S/C10H19N3O2/c1-10(2,9(11)15)7-8(14)13-5-3-12-4-6-13/h12H,3-7H2,1-2H3,(H2,11,15). The lowest BCUT2D eigenvalue weighted by Gasteiger charge is -2.30. The summed E-state index contributed by atoms with van der Waals surface area (Å²) in [6, 6.07) is 0. The first-order chi connectivity index (χ1) is 6.93. The number of nitrogens with two attached hydrogens (primary N) is 1. The van der Waals surface area contributed by atoms with E-state index in [4.69, 9.17) is 5.73 Å². The van der Waals surface area contributed by atoms with Crippen LogP contribution in [0, 0.1) is 5.41 Å². The van der Waals surface area contributed by atoms with Gasteiger partial charge in [0.15, 0.2) is 0 Å². The third-order valence-corrected chi connectivity index (χ3v) is 2.73. The molecule has 0 radical (unpaired) electrons. The molecule has 1 saturated heterocycles. The zero-order chi connectivity index (χ0) is 11.5. The molecule has 0 aliphatic carbocycles. The smallest absolute Gasteiger partial charge is 0.223 e. The van der Waals surface area contributed by atoms with Crippen LogP contribution in [0.4, 0.5) is 0 Å². The molecule has 0 aromatic heterocycles. The number of piperazine rings is 1. The minimum Gasteiger partial charge on any atom is -0.369 e. The van der Waals surface area contributed by atoms with Crippen molar-refractivity contribution in [1.29, 1.82) is 0 Å². The zero-order valence-corrected chi connectivity index (χ0v) is 9.38. The lowest BCUT2D eigenvalue weighted by molar-refractivity contribution is -0.138. The van der Waals surface area contributed by atoms with Gasteiger partial charge in [0, 0.05) is 32.6 Å². The van der Waals surface area contributed by atoms with Crippen molar-refractivity contribution in [2.45, 2.75) is 20.3 Å². The van der Waals surface area contributed by atoms with Gasteiger partial charge in [0.05, 0.1) is 5.41 Å². The Morgan fingerprint density at radius 2 is 1.87 bits per heavy atom.